The summed E-state index contributed by atoms with van der Waals surface area (Å²) in [6.07, 6.45) is 5.18. The van der Waals surface area contributed by atoms with E-state index in [2.05, 4.69) is 5.32 Å². The number of carbonyl (C=O) groups is 1. The number of carbonyl (C=O) groups excluding carboxylic acids is 1. The molecular formula is C16H26F2N2O. The zero-order valence-corrected chi connectivity index (χ0v) is 12.6. The van der Waals surface area contributed by atoms with Gasteiger partial charge in [-0.05, 0) is 51.0 Å². The van der Waals surface area contributed by atoms with E-state index < -0.39 is 5.92 Å². The standard InChI is InChI=1S/C16H26F2N2O/c17-16(18)7-3-13(4-8-16)15(21)20-9-5-14(6-10-20)19-11-12-1-2-12/h12-14,19H,1-11H2. The molecule has 0 spiro atoms. The molecule has 120 valence electrons. The van der Waals surface area contributed by atoms with E-state index in [1.165, 1.54) is 12.8 Å². The van der Waals surface area contributed by atoms with E-state index in [4.69, 9.17) is 0 Å². The van der Waals surface area contributed by atoms with Crippen LogP contribution < -0.4 is 5.32 Å². The molecule has 21 heavy (non-hydrogen) atoms. The number of nitrogens with one attached hydrogen (secondary N) is 1. The Morgan fingerprint density at radius 3 is 2.24 bits per heavy atom. The fraction of sp³-hybridized carbons (Fsp3) is 0.938. The number of likely N-dealkylation sites (tertiary alicyclic amines) is 1. The number of rotatable bonds is 4. The average Bonchev–Trinajstić information content (AvgIpc) is 3.29. The number of nitrogens with zero attached hydrogens (tertiary/aromatic N) is 1. The molecule has 0 aromatic carbocycles. The van der Waals surface area contributed by atoms with Crippen LogP contribution in [0.5, 0.6) is 0 Å². The van der Waals surface area contributed by atoms with Gasteiger partial charge in [0.05, 0.1) is 0 Å². The second kappa shape index (κ2) is 6.19. The highest BCUT2D eigenvalue weighted by atomic mass is 19.3. The van der Waals surface area contributed by atoms with Gasteiger partial charge in [-0.15, -0.1) is 0 Å². The summed E-state index contributed by atoms with van der Waals surface area (Å²) in [6, 6.07) is 0.533. The molecule has 3 fully saturated rings. The topological polar surface area (TPSA) is 32.3 Å². The van der Waals surface area contributed by atoms with Crippen molar-refractivity contribution < 1.29 is 13.6 Å². The van der Waals surface area contributed by atoms with Gasteiger partial charge in [-0.2, -0.15) is 0 Å². The first-order valence-corrected chi connectivity index (χ1v) is 8.43. The Labute approximate surface area is 125 Å². The number of amides is 1. The molecule has 0 atom stereocenters. The molecule has 0 unspecified atom stereocenters. The Balaban J connectivity index is 1.40. The van der Waals surface area contributed by atoms with Crippen LogP contribution in [0, 0.1) is 11.8 Å². The zero-order valence-electron chi connectivity index (χ0n) is 12.6. The van der Waals surface area contributed by atoms with Crippen molar-refractivity contribution in [2.24, 2.45) is 11.8 Å². The van der Waals surface area contributed by atoms with Crippen molar-refractivity contribution in [3.8, 4) is 0 Å². The minimum atomic E-state index is -2.55. The van der Waals surface area contributed by atoms with E-state index in [0.717, 1.165) is 38.4 Å². The number of piperidine rings is 1. The van der Waals surface area contributed by atoms with Gasteiger partial charge >= 0.3 is 0 Å². The van der Waals surface area contributed by atoms with Crippen LogP contribution in [0.4, 0.5) is 8.78 Å². The highest BCUT2D eigenvalue weighted by Crippen LogP contribution is 2.37. The van der Waals surface area contributed by atoms with Crippen molar-refractivity contribution >= 4 is 5.91 Å². The molecule has 3 aliphatic rings. The molecule has 5 heteroatoms. The normalized spacial score (nSPS) is 27.8. The van der Waals surface area contributed by atoms with Gasteiger partial charge in [0.2, 0.25) is 11.8 Å². The van der Waals surface area contributed by atoms with Crippen LogP contribution >= 0.6 is 0 Å². The maximum atomic E-state index is 13.2. The molecule has 1 saturated heterocycles. The highest BCUT2D eigenvalue weighted by molar-refractivity contribution is 5.79. The first-order valence-electron chi connectivity index (χ1n) is 8.43. The summed E-state index contributed by atoms with van der Waals surface area (Å²) in [4.78, 5) is 14.3. The second-order valence-corrected chi connectivity index (χ2v) is 7.08. The summed E-state index contributed by atoms with van der Waals surface area (Å²) in [5, 5.41) is 3.60. The summed E-state index contributed by atoms with van der Waals surface area (Å²) < 4.78 is 26.3. The monoisotopic (exact) mass is 300 g/mol. The van der Waals surface area contributed by atoms with Crippen LogP contribution in [0.15, 0.2) is 0 Å². The average molecular weight is 300 g/mol. The Kier molecular flexibility index (Phi) is 4.48. The molecule has 1 N–H and O–H groups in total. The van der Waals surface area contributed by atoms with E-state index >= 15 is 0 Å². The first kappa shape index (κ1) is 15.2. The van der Waals surface area contributed by atoms with Crippen LogP contribution in [0.25, 0.3) is 0 Å². The second-order valence-electron chi connectivity index (χ2n) is 7.08. The third-order valence-electron chi connectivity index (χ3n) is 5.27. The van der Waals surface area contributed by atoms with Crippen molar-refractivity contribution in [3.63, 3.8) is 0 Å². The Morgan fingerprint density at radius 1 is 1.05 bits per heavy atom. The smallest absolute Gasteiger partial charge is 0.248 e. The third-order valence-corrected chi connectivity index (χ3v) is 5.27. The summed E-state index contributed by atoms with van der Waals surface area (Å²) in [6.45, 7) is 2.69. The van der Waals surface area contributed by atoms with Crippen LogP contribution in [0.3, 0.4) is 0 Å². The number of hydrogen-bond donors (Lipinski definition) is 1. The molecule has 3 nitrogen and oxygen atoms in total. The number of halogens is 2. The lowest BCUT2D eigenvalue weighted by Gasteiger charge is -2.36. The molecule has 0 bridgehead atoms. The van der Waals surface area contributed by atoms with Crippen molar-refractivity contribution in [1.82, 2.24) is 10.2 Å². The predicted octanol–water partition coefficient (Wildman–Crippen LogP) is 2.80. The molecule has 0 radical (unpaired) electrons. The molecule has 0 aromatic rings. The van der Waals surface area contributed by atoms with Crippen molar-refractivity contribution in [1.29, 1.82) is 0 Å². The molecule has 1 amide bonds. The van der Waals surface area contributed by atoms with Crippen LogP contribution in [-0.2, 0) is 4.79 Å². The predicted molar refractivity (Wildman–Crippen MR) is 77.2 cm³/mol. The van der Waals surface area contributed by atoms with Gasteiger partial charge in [-0.3, -0.25) is 4.79 Å². The van der Waals surface area contributed by atoms with Crippen LogP contribution in [0.1, 0.15) is 51.4 Å². The third kappa shape index (κ3) is 4.15. The molecule has 2 saturated carbocycles. The molecule has 1 aliphatic heterocycles. The van der Waals surface area contributed by atoms with Crippen molar-refractivity contribution in [2.45, 2.75) is 63.3 Å². The lowest BCUT2D eigenvalue weighted by molar-refractivity contribution is -0.140. The highest BCUT2D eigenvalue weighted by Gasteiger charge is 2.39. The van der Waals surface area contributed by atoms with E-state index in [1.807, 2.05) is 4.90 Å². The fourth-order valence-electron chi connectivity index (χ4n) is 3.50. The SMILES string of the molecule is O=C(C1CCC(F)(F)CC1)N1CCC(NCC2CC2)CC1. The van der Waals surface area contributed by atoms with Crippen molar-refractivity contribution in [3.05, 3.63) is 0 Å². The Morgan fingerprint density at radius 2 is 1.67 bits per heavy atom. The van der Waals surface area contributed by atoms with Crippen molar-refractivity contribution in [2.75, 3.05) is 19.6 Å². The van der Waals surface area contributed by atoms with Gasteiger partial charge in [0.15, 0.2) is 0 Å². The molecule has 0 aromatic heterocycles. The quantitative estimate of drug-likeness (QED) is 0.866. The van der Waals surface area contributed by atoms with E-state index in [9.17, 15) is 13.6 Å². The first-order chi connectivity index (χ1) is 10.0. The van der Waals surface area contributed by atoms with E-state index in [0.29, 0.717) is 18.9 Å². The molecule has 1 heterocycles. The number of alkyl halides is 2. The Bertz CT molecular complexity index is 366. The maximum absolute atomic E-state index is 13.2. The summed E-state index contributed by atoms with van der Waals surface area (Å²) in [5.74, 6) is -1.71. The minimum absolute atomic E-state index is 0.117. The fourth-order valence-corrected chi connectivity index (χ4v) is 3.50. The zero-order chi connectivity index (χ0) is 14.9. The summed E-state index contributed by atoms with van der Waals surface area (Å²) in [5.41, 5.74) is 0. The van der Waals surface area contributed by atoms with Gasteiger partial charge in [-0.25, -0.2) is 8.78 Å². The summed E-state index contributed by atoms with van der Waals surface area (Å²) in [7, 11) is 0. The molecular weight excluding hydrogens is 274 g/mol. The van der Waals surface area contributed by atoms with Gasteiger partial charge in [-0.1, -0.05) is 0 Å². The summed E-state index contributed by atoms with van der Waals surface area (Å²) >= 11 is 0. The largest absolute Gasteiger partial charge is 0.342 e. The lowest BCUT2D eigenvalue weighted by atomic mass is 9.85. The van der Waals surface area contributed by atoms with Gasteiger partial charge in [0, 0.05) is 37.9 Å². The van der Waals surface area contributed by atoms with Gasteiger partial charge < -0.3 is 10.2 Å². The minimum Gasteiger partial charge on any atom is -0.342 e. The Hall–Kier alpha value is -0.710. The van der Waals surface area contributed by atoms with Gasteiger partial charge in [0.1, 0.15) is 0 Å². The lowest BCUT2D eigenvalue weighted by Crippen LogP contribution is -2.47. The van der Waals surface area contributed by atoms with Gasteiger partial charge in [0.25, 0.3) is 0 Å². The molecule has 2 aliphatic carbocycles. The van der Waals surface area contributed by atoms with E-state index in [1.54, 1.807) is 0 Å². The maximum Gasteiger partial charge on any atom is 0.248 e. The van der Waals surface area contributed by atoms with Crippen LogP contribution in [-0.4, -0.2) is 42.4 Å². The molecule has 3 rings (SSSR count). The van der Waals surface area contributed by atoms with Crippen LogP contribution in [0.2, 0.25) is 0 Å². The number of hydrogen-bond acceptors (Lipinski definition) is 2. The van der Waals surface area contributed by atoms with E-state index in [-0.39, 0.29) is 24.7 Å².